The molecule has 0 N–H and O–H groups in total. The Kier molecular flexibility index (Phi) is 12.7. The fraction of sp³-hybridized carbons (Fsp3) is 0.500. The first-order valence-electron chi connectivity index (χ1n) is 19.1. The van der Waals surface area contributed by atoms with Gasteiger partial charge in [0.05, 0.1) is 21.4 Å². The number of hydrogen-bond donors (Lipinski definition) is 0. The Labute approximate surface area is 336 Å². The number of benzene rings is 2. The van der Waals surface area contributed by atoms with Crippen molar-refractivity contribution in [3.8, 4) is 0 Å². The summed E-state index contributed by atoms with van der Waals surface area (Å²) in [5.41, 5.74) is 14.2. The van der Waals surface area contributed by atoms with E-state index in [1.54, 1.807) is 11.3 Å². The molecule has 2 atom stereocenters. The Morgan fingerprint density at radius 3 is 1.63 bits per heavy atom. The Balaban J connectivity index is 0.00000448. The van der Waals surface area contributed by atoms with Crippen molar-refractivity contribution in [2.45, 2.75) is 140 Å². The van der Waals surface area contributed by atoms with Gasteiger partial charge in [-0.05, 0) is 137 Å². The summed E-state index contributed by atoms with van der Waals surface area (Å²) in [6.45, 7) is 13.5. The second-order valence-electron chi connectivity index (χ2n) is 15.6. The van der Waals surface area contributed by atoms with Crippen molar-refractivity contribution < 1.29 is 19.5 Å². The number of alkyl halides is 2. The molecule has 3 aromatic rings. The fourth-order valence-corrected chi connectivity index (χ4v) is 16.5. The molecule has 2 nitrogen and oxygen atoms in total. The standard InChI is InChI=1S/C44H55Cl2N2PS.Ru/c1-29-24-31(3)41(32(4)25-29)47-21-22-48(42-33(5)26-30(2)27-34(42)6)43(47)40-38(28-37-18-13-23-50-37)39(45)19-20-44(40,46)49(35-14-9-7-10-15-35)36-16-11-8-12-17-36;/h13,18,21-28,35-36,39H,7-12,14-17,19-20H2,1-6H3;/q;+2. The van der Waals surface area contributed by atoms with Crippen molar-refractivity contribution in [1.82, 2.24) is 0 Å². The summed E-state index contributed by atoms with van der Waals surface area (Å²) < 4.78 is -0.481. The van der Waals surface area contributed by atoms with Gasteiger partial charge in [0, 0.05) is 22.9 Å². The van der Waals surface area contributed by atoms with E-state index in [1.807, 2.05) is 0 Å². The number of allylic oxidation sites excluding steroid dienone is 2. The van der Waals surface area contributed by atoms with Gasteiger partial charge >= 0.3 is 19.5 Å². The summed E-state index contributed by atoms with van der Waals surface area (Å²) in [6.07, 6.45) is 22.3. The van der Waals surface area contributed by atoms with Crippen molar-refractivity contribution in [3.63, 3.8) is 0 Å². The monoisotopic (exact) mass is 846 g/mol. The molecule has 51 heavy (non-hydrogen) atoms. The van der Waals surface area contributed by atoms with Gasteiger partial charge in [-0.3, -0.25) is 0 Å². The Bertz CT molecular complexity index is 1670. The zero-order valence-electron chi connectivity index (χ0n) is 31.4. The summed E-state index contributed by atoms with van der Waals surface area (Å²) in [5.74, 6) is 1.19. The van der Waals surface area contributed by atoms with Gasteiger partial charge in [-0.15, -0.1) is 34.5 Å². The maximum absolute atomic E-state index is 8.76. The van der Waals surface area contributed by atoms with Crippen LogP contribution in [0.25, 0.3) is 6.08 Å². The molecule has 1 aliphatic heterocycles. The van der Waals surface area contributed by atoms with Crippen LogP contribution in [0.3, 0.4) is 0 Å². The van der Waals surface area contributed by atoms with E-state index in [0.717, 1.165) is 12.8 Å². The van der Waals surface area contributed by atoms with E-state index in [-0.39, 0.29) is 24.9 Å². The van der Waals surface area contributed by atoms with Gasteiger partial charge in [0.2, 0.25) is 0 Å². The minimum absolute atomic E-state index is 0. The van der Waals surface area contributed by atoms with Crippen molar-refractivity contribution in [2.75, 3.05) is 9.80 Å². The molecule has 0 spiro atoms. The summed E-state index contributed by atoms with van der Waals surface area (Å²) in [5, 5.41) is 2.08. The molecule has 272 valence electrons. The van der Waals surface area contributed by atoms with Crippen LogP contribution in [-0.4, -0.2) is 21.3 Å². The largest absolute Gasteiger partial charge is 2.00 e. The topological polar surface area (TPSA) is 6.48 Å². The number of halogens is 2. The van der Waals surface area contributed by atoms with Crippen LogP contribution in [-0.2, 0) is 19.5 Å². The first kappa shape index (κ1) is 39.3. The van der Waals surface area contributed by atoms with Gasteiger partial charge < -0.3 is 9.80 Å². The first-order valence-corrected chi connectivity index (χ1v) is 22.3. The second kappa shape index (κ2) is 16.5. The third-order valence-corrected chi connectivity index (χ3v) is 17.8. The van der Waals surface area contributed by atoms with Crippen LogP contribution in [0, 0.1) is 41.5 Å². The Hall–Kier alpha value is -1.41. The predicted molar refractivity (Wildman–Crippen MR) is 223 cm³/mol. The van der Waals surface area contributed by atoms with Crippen LogP contribution >= 0.6 is 42.5 Å². The van der Waals surface area contributed by atoms with E-state index in [9.17, 15) is 0 Å². The van der Waals surface area contributed by atoms with Crippen LogP contribution in [0.1, 0.15) is 115 Å². The molecule has 3 fully saturated rings. The van der Waals surface area contributed by atoms with E-state index in [0.29, 0.717) is 11.3 Å². The number of anilines is 2. The molecule has 1 aromatic heterocycles. The molecule has 2 heterocycles. The molecule has 7 heteroatoms. The van der Waals surface area contributed by atoms with Gasteiger partial charge in [0.25, 0.3) is 0 Å². The van der Waals surface area contributed by atoms with E-state index in [4.69, 9.17) is 23.2 Å². The average Bonchev–Trinajstić information content (AvgIpc) is 3.74. The molecule has 2 unspecified atom stereocenters. The minimum atomic E-state index is -0.548. The fourth-order valence-electron chi connectivity index (χ4n) is 9.92. The molecule has 0 radical (unpaired) electrons. The van der Waals surface area contributed by atoms with Crippen LogP contribution in [0.2, 0.25) is 0 Å². The average molecular weight is 847 g/mol. The summed E-state index contributed by atoms with van der Waals surface area (Å²) in [6, 6.07) is 13.7. The normalized spacial score (nSPS) is 24.3. The summed E-state index contributed by atoms with van der Waals surface area (Å²) >= 11 is 18.2. The molecule has 4 aliphatic rings. The molecule has 0 bridgehead atoms. The number of aryl methyl sites for hydroxylation is 6. The van der Waals surface area contributed by atoms with E-state index < -0.39 is 12.5 Å². The SMILES string of the molecule is Cc1cc(C)c(N2C=CN(c3c(C)cc(C)cc3C)C2=C2C(=Cc3cccs3)C(Cl)CCC2(Cl)P(C2CCCCC2)C2CCCCC2)c(C)c1.[Ru+2]. The van der Waals surface area contributed by atoms with Crippen LogP contribution in [0.5, 0.6) is 0 Å². The molecule has 0 amide bonds. The van der Waals surface area contributed by atoms with Gasteiger partial charge in [-0.1, -0.05) is 87.9 Å². The van der Waals surface area contributed by atoms with E-state index in [1.165, 1.54) is 131 Å². The van der Waals surface area contributed by atoms with Crippen molar-refractivity contribution in [1.29, 1.82) is 0 Å². The molecular weight excluding hydrogens is 792 g/mol. The molecular formula is C44H55Cl2N2PRuS+2. The maximum atomic E-state index is 8.76. The molecule has 3 aliphatic carbocycles. The van der Waals surface area contributed by atoms with Gasteiger partial charge in [-0.2, -0.15) is 0 Å². The van der Waals surface area contributed by atoms with Crippen molar-refractivity contribution in [2.24, 2.45) is 0 Å². The van der Waals surface area contributed by atoms with Crippen LogP contribution in [0.15, 0.2) is 71.1 Å². The van der Waals surface area contributed by atoms with Gasteiger partial charge in [-0.25, -0.2) is 0 Å². The Morgan fingerprint density at radius 1 is 0.725 bits per heavy atom. The molecule has 3 saturated carbocycles. The predicted octanol–water partition coefficient (Wildman–Crippen LogP) is 14.2. The zero-order chi connectivity index (χ0) is 35.2. The molecule has 2 aromatic carbocycles. The number of thiophene rings is 1. The Morgan fingerprint density at radius 2 is 1.20 bits per heavy atom. The minimum Gasteiger partial charge on any atom is -0.301 e. The van der Waals surface area contributed by atoms with Gasteiger partial charge in [0.15, 0.2) is 0 Å². The first-order chi connectivity index (χ1) is 24.1. The summed E-state index contributed by atoms with van der Waals surface area (Å²) in [4.78, 5) is 6.25. The molecule has 0 saturated heterocycles. The quantitative estimate of drug-likeness (QED) is 0.139. The molecule has 7 rings (SSSR count). The smallest absolute Gasteiger partial charge is 0.301 e. The van der Waals surface area contributed by atoms with Crippen molar-refractivity contribution >= 4 is 59.9 Å². The number of nitrogens with zero attached hydrogens (tertiary/aromatic N) is 2. The third kappa shape index (κ3) is 7.76. The van der Waals surface area contributed by atoms with E-state index in [2.05, 4.69) is 112 Å². The number of hydrogen-bond acceptors (Lipinski definition) is 3. The van der Waals surface area contributed by atoms with Crippen LogP contribution in [0.4, 0.5) is 11.4 Å². The van der Waals surface area contributed by atoms with Crippen LogP contribution < -0.4 is 9.80 Å². The summed E-state index contributed by atoms with van der Waals surface area (Å²) in [7, 11) is -0.548. The third-order valence-electron chi connectivity index (χ3n) is 11.7. The maximum Gasteiger partial charge on any atom is 2.00 e. The number of rotatable bonds is 6. The van der Waals surface area contributed by atoms with E-state index >= 15 is 0 Å². The van der Waals surface area contributed by atoms with Gasteiger partial charge in [0.1, 0.15) is 5.82 Å². The van der Waals surface area contributed by atoms with Crippen molar-refractivity contribution in [3.05, 3.63) is 109 Å². The second-order valence-corrected chi connectivity index (χ2v) is 21.1. The zero-order valence-corrected chi connectivity index (χ0v) is 36.3.